The second-order valence-corrected chi connectivity index (χ2v) is 4.57. The molecule has 0 saturated heterocycles. The van der Waals surface area contributed by atoms with Crippen LogP contribution in [0.3, 0.4) is 0 Å². The molecule has 0 heterocycles. The Balaban J connectivity index is 2.30. The minimum atomic E-state index is -0.822. The molecule has 0 radical (unpaired) electrons. The number of amides is 3. The molecule has 1 aromatic rings. The van der Waals surface area contributed by atoms with Crippen LogP contribution < -0.4 is 11.1 Å². The molecule has 3 amide bonds. The summed E-state index contributed by atoms with van der Waals surface area (Å²) in [4.78, 5) is 22.4. The van der Waals surface area contributed by atoms with Gasteiger partial charge < -0.3 is 5.73 Å². The van der Waals surface area contributed by atoms with E-state index in [0.717, 1.165) is 4.90 Å². The predicted molar refractivity (Wildman–Crippen MR) is 64.5 cm³/mol. The number of carbonyl (C=O) groups is 2. The van der Waals surface area contributed by atoms with Gasteiger partial charge in [-0.05, 0) is 18.2 Å². The van der Waals surface area contributed by atoms with E-state index in [4.69, 9.17) is 17.3 Å². The lowest BCUT2D eigenvalue weighted by Gasteiger charge is -2.02. The van der Waals surface area contributed by atoms with Gasteiger partial charge in [0.15, 0.2) is 0 Å². The molecule has 0 aliphatic heterocycles. The van der Waals surface area contributed by atoms with E-state index < -0.39 is 6.03 Å². The summed E-state index contributed by atoms with van der Waals surface area (Å²) >= 11 is 7.29. The second kappa shape index (κ2) is 6.40. The van der Waals surface area contributed by atoms with Crippen LogP contribution in [0.15, 0.2) is 29.2 Å². The second-order valence-electron chi connectivity index (χ2n) is 2.97. The highest BCUT2D eigenvalue weighted by molar-refractivity contribution is 7.99. The minimum absolute atomic E-state index is 0.236. The van der Waals surface area contributed by atoms with E-state index in [1.165, 1.54) is 11.8 Å². The summed E-state index contributed by atoms with van der Waals surface area (Å²) < 4.78 is 0. The van der Waals surface area contributed by atoms with Crippen LogP contribution in [0.4, 0.5) is 4.79 Å². The Bertz CT molecular complexity index is 398. The van der Waals surface area contributed by atoms with Gasteiger partial charge in [-0.3, -0.25) is 10.1 Å². The lowest BCUT2D eigenvalue weighted by Crippen LogP contribution is -2.35. The lowest BCUT2D eigenvalue weighted by atomic mass is 10.4. The molecule has 1 aromatic carbocycles. The Hall–Kier alpha value is -1.20. The number of benzene rings is 1. The molecule has 0 aromatic heterocycles. The Morgan fingerprint density at radius 3 is 2.81 bits per heavy atom. The highest BCUT2D eigenvalue weighted by atomic mass is 35.5. The van der Waals surface area contributed by atoms with Crippen LogP contribution in [-0.4, -0.2) is 17.7 Å². The Kier molecular flexibility index (Phi) is 5.14. The highest BCUT2D eigenvalue weighted by Crippen LogP contribution is 2.21. The van der Waals surface area contributed by atoms with E-state index in [1.54, 1.807) is 6.07 Å². The van der Waals surface area contributed by atoms with E-state index in [1.807, 2.05) is 23.5 Å². The SMILES string of the molecule is NC(=O)NC(=O)CCSc1cccc(Cl)c1. The molecule has 0 aliphatic carbocycles. The molecule has 0 saturated carbocycles. The van der Waals surface area contributed by atoms with Gasteiger partial charge in [-0.15, -0.1) is 11.8 Å². The molecule has 6 heteroatoms. The van der Waals surface area contributed by atoms with Crippen molar-refractivity contribution in [3.8, 4) is 0 Å². The number of nitrogens with two attached hydrogens (primary N) is 1. The van der Waals surface area contributed by atoms with Crippen LogP contribution >= 0.6 is 23.4 Å². The van der Waals surface area contributed by atoms with Gasteiger partial charge in [0.2, 0.25) is 5.91 Å². The van der Waals surface area contributed by atoms with Crippen molar-refractivity contribution < 1.29 is 9.59 Å². The van der Waals surface area contributed by atoms with Crippen molar-refractivity contribution in [1.82, 2.24) is 5.32 Å². The summed E-state index contributed by atoms with van der Waals surface area (Å²) in [7, 11) is 0. The first-order valence-corrected chi connectivity index (χ1v) is 5.92. The molecule has 4 nitrogen and oxygen atoms in total. The largest absolute Gasteiger partial charge is 0.351 e. The van der Waals surface area contributed by atoms with Crippen molar-refractivity contribution in [1.29, 1.82) is 0 Å². The third kappa shape index (κ3) is 5.04. The van der Waals surface area contributed by atoms with Gasteiger partial charge in [0.05, 0.1) is 0 Å². The van der Waals surface area contributed by atoms with Gasteiger partial charge in [0.25, 0.3) is 0 Å². The molecule has 0 fully saturated rings. The standard InChI is InChI=1S/C10H11ClN2O2S/c11-7-2-1-3-8(6-7)16-5-4-9(14)13-10(12)15/h1-3,6H,4-5H2,(H3,12,13,14,15). The third-order valence-electron chi connectivity index (χ3n) is 1.66. The van der Waals surface area contributed by atoms with Gasteiger partial charge >= 0.3 is 6.03 Å². The summed E-state index contributed by atoms with van der Waals surface area (Å²) in [6.07, 6.45) is 0.236. The minimum Gasteiger partial charge on any atom is -0.351 e. The van der Waals surface area contributed by atoms with Crippen LogP contribution in [0.1, 0.15) is 6.42 Å². The number of imide groups is 1. The number of primary amides is 1. The fraction of sp³-hybridized carbons (Fsp3) is 0.200. The number of carbonyl (C=O) groups excluding carboxylic acids is 2. The molecule has 0 unspecified atom stereocenters. The maximum atomic E-state index is 11.1. The average Bonchev–Trinajstić information content (AvgIpc) is 2.16. The van der Waals surface area contributed by atoms with Gasteiger partial charge in [-0.2, -0.15) is 0 Å². The van der Waals surface area contributed by atoms with E-state index in [9.17, 15) is 9.59 Å². The number of thioether (sulfide) groups is 1. The van der Waals surface area contributed by atoms with Crippen molar-refractivity contribution in [2.24, 2.45) is 5.73 Å². The van der Waals surface area contributed by atoms with E-state index in [2.05, 4.69) is 0 Å². The molecule has 0 aliphatic rings. The zero-order chi connectivity index (χ0) is 12.0. The van der Waals surface area contributed by atoms with Gasteiger partial charge in [0, 0.05) is 22.1 Å². The Labute approximate surface area is 103 Å². The highest BCUT2D eigenvalue weighted by Gasteiger charge is 2.04. The number of hydrogen-bond acceptors (Lipinski definition) is 3. The average molecular weight is 259 g/mol. The van der Waals surface area contributed by atoms with Crippen LogP contribution in [-0.2, 0) is 4.79 Å². The predicted octanol–water partition coefficient (Wildman–Crippen LogP) is 2.02. The first-order chi connectivity index (χ1) is 7.58. The van der Waals surface area contributed by atoms with Crippen molar-refractivity contribution in [2.45, 2.75) is 11.3 Å². The van der Waals surface area contributed by atoms with E-state index in [-0.39, 0.29) is 12.3 Å². The molecule has 0 atom stereocenters. The smallest absolute Gasteiger partial charge is 0.318 e. The number of hydrogen-bond donors (Lipinski definition) is 2. The maximum Gasteiger partial charge on any atom is 0.318 e. The van der Waals surface area contributed by atoms with Crippen molar-refractivity contribution in [2.75, 3.05) is 5.75 Å². The molecule has 1 rings (SSSR count). The molecular formula is C10H11ClN2O2S. The summed E-state index contributed by atoms with van der Waals surface area (Å²) in [5.74, 6) is 0.196. The number of rotatable bonds is 4. The van der Waals surface area contributed by atoms with Crippen LogP contribution in [0.25, 0.3) is 0 Å². The molecule has 0 spiro atoms. The normalized spacial score (nSPS) is 9.81. The summed E-state index contributed by atoms with van der Waals surface area (Å²) in [6, 6.07) is 6.53. The first kappa shape index (κ1) is 12.9. The third-order valence-corrected chi connectivity index (χ3v) is 2.89. The van der Waals surface area contributed by atoms with Gasteiger partial charge in [0.1, 0.15) is 0 Å². The molecule has 86 valence electrons. The molecule has 0 bridgehead atoms. The monoisotopic (exact) mass is 258 g/mol. The summed E-state index contributed by atoms with van der Waals surface area (Å²) in [6.45, 7) is 0. The Morgan fingerprint density at radius 2 is 2.19 bits per heavy atom. The quantitative estimate of drug-likeness (QED) is 0.812. The zero-order valence-corrected chi connectivity index (χ0v) is 9.98. The number of halogens is 1. The summed E-state index contributed by atoms with van der Waals surface area (Å²) in [5.41, 5.74) is 4.80. The zero-order valence-electron chi connectivity index (χ0n) is 8.40. The number of urea groups is 1. The maximum absolute atomic E-state index is 11.1. The summed E-state index contributed by atoms with van der Waals surface area (Å²) in [5, 5.41) is 2.66. The topological polar surface area (TPSA) is 72.2 Å². The van der Waals surface area contributed by atoms with Crippen molar-refractivity contribution in [3.63, 3.8) is 0 Å². The van der Waals surface area contributed by atoms with Crippen LogP contribution in [0.5, 0.6) is 0 Å². The molecule has 3 N–H and O–H groups in total. The van der Waals surface area contributed by atoms with E-state index >= 15 is 0 Å². The lowest BCUT2D eigenvalue weighted by molar-refractivity contribution is -0.119. The van der Waals surface area contributed by atoms with E-state index in [0.29, 0.717) is 10.8 Å². The first-order valence-electron chi connectivity index (χ1n) is 4.55. The Morgan fingerprint density at radius 1 is 1.44 bits per heavy atom. The number of nitrogens with one attached hydrogen (secondary N) is 1. The fourth-order valence-corrected chi connectivity index (χ4v) is 2.18. The van der Waals surface area contributed by atoms with Crippen LogP contribution in [0.2, 0.25) is 5.02 Å². The fourth-order valence-electron chi connectivity index (χ4n) is 1.02. The van der Waals surface area contributed by atoms with Crippen molar-refractivity contribution >= 4 is 35.3 Å². The van der Waals surface area contributed by atoms with Gasteiger partial charge in [-0.1, -0.05) is 17.7 Å². The van der Waals surface area contributed by atoms with Gasteiger partial charge in [-0.25, -0.2) is 4.79 Å². The molecule has 16 heavy (non-hydrogen) atoms. The van der Waals surface area contributed by atoms with Crippen molar-refractivity contribution in [3.05, 3.63) is 29.3 Å². The van der Waals surface area contributed by atoms with Crippen LogP contribution in [0, 0.1) is 0 Å². The molecular weight excluding hydrogens is 248 g/mol.